The van der Waals surface area contributed by atoms with Crippen LogP contribution in [0.3, 0.4) is 0 Å². The zero-order chi connectivity index (χ0) is 15.6. The van der Waals surface area contributed by atoms with Gasteiger partial charge in [-0.1, -0.05) is 13.0 Å². The highest BCUT2D eigenvalue weighted by atomic mass is 32.2. The Kier molecular flexibility index (Phi) is 4.06. The molecule has 0 unspecified atom stereocenters. The van der Waals surface area contributed by atoms with Gasteiger partial charge >= 0.3 is 0 Å². The number of aromatic nitrogens is 3. The molecule has 3 heterocycles. The Morgan fingerprint density at radius 3 is 2.59 bits per heavy atom. The van der Waals surface area contributed by atoms with E-state index < -0.39 is 9.84 Å². The predicted molar refractivity (Wildman–Crippen MR) is 85.5 cm³/mol. The van der Waals surface area contributed by atoms with Crippen LogP contribution in [0.4, 0.5) is 5.82 Å². The number of hydrogen-bond acceptors (Lipinski definition) is 6. The van der Waals surface area contributed by atoms with Gasteiger partial charge in [-0.2, -0.15) is 0 Å². The molecule has 3 rings (SSSR count). The molecule has 0 atom stereocenters. The summed E-state index contributed by atoms with van der Waals surface area (Å²) < 4.78 is 23.1. The van der Waals surface area contributed by atoms with E-state index in [9.17, 15) is 8.42 Å². The topological polar surface area (TPSA) is 76.1 Å². The first-order chi connectivity index (χ1) is 10.6. The molecule has 0 N–H and O–H groups in total. The van der Waals surface area contributed by atoms with Crippen molar-refractivity contribution in [3.63, 3.8) is 0 Å². The van der Waals surface area contributed by atoms with Crippen LogP contribution in [0, 0.1) is 0 Å². The van der Waals surface area contributed by atoms with Crippen molar-refractivity contribution in [2.24, 2.45) is 0 Å². The van der Waals surface area contributed by atoms with Crippen LogP contribution in [0.5, 0.6) is 0 Å². The van der Waals surface area contributed by atoms with E-state index in [2.05, 4.69) is 15.0 Å². The van der Waals surface area contributed by atoms with Crippen LogP contribution in [0.1, 0.15) is 12.6 Å². The van der Waals surface area contributed by atoms with Crippen molar-refractivity contribution in [3.8, 4) is 11.5 Å². The van der Waals surface area contributed by atoms with Crippen molar-refractivity contribution in [1.82, 2.24) is 15.0 Å². The summed E-state index contributed by atoms with van der Waals surface area (Å²) in [6, 6.07) is 7.56. The zero-order valence-corrected chi connectivity index (χ0v) is 13.3. The lowest BCUT2D eigenvalue weighted by atomic mass is 10.2. The Balaban J connectivity index is 1.95. The lowest BCUT2D eigenvalue weighted by molar-refractivity contribution is 0.586. The number of aryl methyl sites for hydroxylation is 1. The van der Waals surface area contributed by atoms with Crippen LogP contribution in [0.2, 0.25) is 0 Å². The molecular formula is C15H18N4O2S. The summed E-state index contributed by atoms with van der Waals surface area (Å²) in [7, 11) is -2.90. The van der Waals surface area contributed by atoms with Crippen molar-refractivity contribution < 1.29 is 8.42 Å². The van der Waals surface area contributed by atoms with Crippen molar-refractivity contribution >= 4 is 15.7 Å². The molecule has 0 radical (unpaired) electrons. The van der Waals surface area contributed by atoms with Crippen molar-refractivity contribution in [2.45, 2.75) is 13.3 Å². The first-order valence-electron chi connectivity index (χ1n) is 7.32. The fourth-order valence-corrected chi connectivity index (χ4v) is 3.58. The molecule has 1 aliphatic heterocycles. The normalized spacial score (nSPS) is 17.4. The molecule has 1 aliphatic rings. The van der Waals surface area contributed by atoms with Gasteiger partial charge in [0.05, 0.1) is 11.5 Å². The molecule has 22 heavy (non-hydrogen) atoms. The average molecular weight is 318 g/mol. The van der Waals surface area contributed by atoms with Crippen molar-refractivity contribution in [2.75, 3.05) is 29.5 Å². The van der Waals surface area contributed by atoms with Crippen LogP contribution in [0.15, 0.2) is 30.5 Å². The van der Waals surface area contributed by atoms with Gasteiger partial charge in [0.25, 0.3) is 0 Å². The standard InChI is InChI=1S/C15H18N4O2S/c1-2-12-11-14(19-7-9-22(20,21)10-8-19)18-15(17-12)13-5-3-4-6-16-13/h3-6,11H,2,7-10H2,1H3. The summed E-state index contributed by atoms with van der Waals surface area (Å²) in [5.74, 6) is 1.72. The summed E-state index contributed by atoms with van der Waals surface area (Å²) in [4.78, 5) is 15.4. The van der Waals surface area contributed by atoms with Crippen LogP contribution in [0.25, 0.3) is 11.5 Å². The Morgan fingerprint density at radius 1 is 1.18 bits per heavy atom. The SMILES string of the molecule is CCc1cc(N2CCS(=O)(=O)CC2)nc(-c2ccccn2)n1. The molecule has 1 fully saturated rings. The van der Waals surface area contributed by atoms with Gasteiger partial charge in [-0.15, -0.1) is 0 Å². The second-order valence-electron chi connectivity index (χ2n) is 5.25. The summed E-state index contributed by atoms with van der Waals surface area (Å²) in [6.45, 7) is 2.99. The zero-order valence-electron chi connectivity index (χ0n) is 12.4. The Morgan fingerprint density at radius 2 is 1.95 bits per heavy atom. The van der Waals surface area contributed by atoms with E-state index in [1.165, 1.54) is 0 Å². The number of hydrogen-bond donors (Lipinski definition) is 0. The maximum Gasteiger partial charge on any atom is 0.180 e. The third kappa shape index (κ3) is 3.24. The van der Waals surface area contributed by atoms with Crippen LogP contribution >= 0.6 is 0 Å². The maximum atomic E-state index is 11.6. The first-order valence-corrected chi connectivity index (χ1v) is 9.14. The average Bonchev–Trinajstić information content (AvgIpc) is 2.55. The van der Waals surface area contributed by atoms with Gasteiger partial charge in [0, 0.05) is 31.0 Å². The third-order valence-corrected chi connectivity index (χ3v) is 5.30. The molecule has 0 saturated carbocycles. The number of sulfone groups is 1. The van der Waals surface area contributed by atoms with Gasteiger partial charge in [0.15, 0.2) is 15.7 Å². The lowest BCUT2D eigenvalue weighted by Crippen LogP contribution is -2.40. The smallest absolute Gasteiger partial charge is 0.180 e. The second kappa shape index (κ2) is 6.00. The molecule has 0 amide bonds. The van der Waals surface area contributed by atoms with E-state index in [1.807, 2.05) is 36.1 Å². The highest BCUT2D eigenvalue weighted by Gasteiger charge is 2.23. The molecular weight excluding hydrogens is 300 g/mol. The summed E-state index contributed by atoms with van der Waals surface area (Å²) >= 11 is 0. The van der Waals surface area contributed by atoms with E-state index in [4.69, 9.17) is 0 Å². The fraction of sp³-hybridized carbons (Fsp3) is 0.400. The van der Waals surface area contributed by atoms with Crippen LogP contribution < -0.4 is 4.90 Å². The van der Waals surface area contributed by atoms with Crippen molar-refractivity contribution in [3.05, 3.63) is 36.2 Å². The largest absolute Gasteiger partial charge is 0.354 e. The number of pyridine rings is 1. The number of anilines is 1. The molecule has 2 aromatic heterocycles. The molecule has 0 spiro atoms. The molecule has 7 heteroatoms. The second-order valence-corrected chi connectivity index (χ2v) is 7.55. The van der Waals surface area contributed by atoms with Gasteiger partial charge in [0.1, 0.15) is 11.5 Å². The summed E-state index contributed by atoms with van der Waals surface area (Å²) in [6.07, 6.45) is 2.51. The molecule has 0 aromatic carbocycles. The van der Waals surface area contributed by atoms with Crippen LogP contribution in [-0.2, 0) is 16.3 Å². The van der Waals surface area contributed by atoms with Crippen molar-refractivity contribution in [1.29, 1.82) is 0 Å². The highest BCUT2D eigenvalue weighted by Crippen LogP contribution is 2.20. The van der Waals surface area contributed by atoms with E-state index in [0.717, 1.165) is 23.6 Å². The van der Waals surface area contributed by atoms with E-state index in [1.54, 1.807) is 6.20 Å². The minimum absolute atomic E-state index is 0.178. The Labute approximate surface area is 130 Å². The highest BCUT2D eigenvalue weighted by molar-refractivity contribution is 7.91. The van der Waals surface area contributed by atoms with Gasteiger partial charge in [-0.25, -0.2) is 18.4 Å². The van der Waals surface area contributed by atoms with Crippen LogP contribution in [-0.4, -0.2) is 48.0 Å². The quantitative estimate of drug-likeness (QED) is 0.850. The molecule has 6 nitrogen and oxygen atoms in total. The minimum atomic E-state index is -2.90. The van der Waals surface area contributed by atoms with Gasteiger partial charge in [-0.05, 0) is 18.6 Å². The molecule has 0 aliphatic carbocycles. The molecule has 2 aromatic rings. The summed E-state index contributed by atoms with van der Waals surface area (Å²) in [5.41, 5.74) is 1.66. The number of nitrogens with zero attached hydrogens (tertiary/aromatic N) is 4. The Hall–Kier alpha value is -2.02. The minimum Gasteiger partial charge on any atom is -0.354 e. The Bertz CT molecular complexity index is 748. The molecule has 1 saturated heterocycles. The lowest BCUT2D eigenvalue weighted by Gasteiger charge is -2.28. The van der Waals surface area contributed by atoms with Gasteiger partial charge in [-0.3, -0.25) is 4.98 Å². The van der Waals surface area contributed by atoms with Gasteiger partial charge in [0.2, 0.25) is 0 Å². The molecule has 116 valence electrons. The van der Waals surface area contributed by atoms with E-state index in [0.29, 0.717) is 18.9 Å². The number of rotatable bonds is 3. The monoisotopic (exact) mass is 318 g/mol. The maximum absolute atomic E-state index is 11.6. The molecule has 0 bridgehead atoms. The first kappa shape index (κ1) is 14.9. The van der Waals surface area contributed by atoms with E-state index >= 15 is 0 Å². The summed E-state index contributed by atoms with van der Waals surface area (Å²) in [5, 5.41) is 0. The fourth-order valence-electron chi connectivity index (χ4n) is 2.38. The third-order valence-electron chi connectivity index (χ3n) is 3.69. The van der Waals surface area contributed by atoms with E-state index in [-0.39, 0.29) is 11.5 Å². The predicted octanol–water partition coefficient (Wildman–Crippen LogP) is 1.34. The van der Waals surface area contributed by atoms with Gasteiger partial charge < -0.3 is 4.90 Å².